The Bertz CT molecular complexity index is 2190. The maximum absolute atomic E-state index is 5.16. The first-order valence-corrected chi connectivity index (χ1v) is 17.3. The molecule has 1 aliphatic rings. The lowest BCUT2D eigenvalue weighted by atomic mass is 10.2. The van der Waals surface area contributed by atoms with Crippen molar-refractivity contribution in [3.05, 3.63) is 170 Å². The summed E-state index contributed by atoms with van der Waals surface area (Å²) in [5, 5.41) is 6.61. The second kappa shape index (κ2) is 10.1. The lowest BCUT2D eigenvalue weighted by Gasteiger charge is -2.44. The molecule has 0 unspecified atom stereocenters. The molecule has 5 heteroatoms. The molecule has 5 aromatic carbocycles. The van der Waals surface area contributed by atoms with Crippen LogP contribution in [0.4, 0.5) is 17.2 Å². The van der Waals surface area contributed by atoms with Crippen molar-refractivity contribution in [1.82, 2.24) is 14.5 Å². The van der Waals surface area contributed by atoms with Crippen molar-refractivity contribution in [2.45, 2.75) is 0 Å². The number of anilines is 3. The first-order chi connectivity index (χ1) is 22.4. The Balaban J connectivity index is 1.27. The van der Waals surface area contributed by atoms with Gasteiger partial charge in [-0.25, -0.2) is 4.98 Å². The smallest absolute Gasteiger partial charge is 0.184 e. The van der Waals surface area contributed by atoms with Crippen molar-refractivity contribution in [2.24, 2.45) is 0 Å². The summed E-state index contributed by atoms with van der Waals surface area (Å²) in [4.78, 5) is 12.2. The highest BCUT2D eigenvalue weighted by Crippen LogP contribution is 2.38. The summed E-state index contributed by atoms with van der Waals surface area (Å²) in [6, 6.07) is 56.9. The Morgan fingerprint density at radius 1 is 0.467 bits per heavy atom. The molecule has 212 valence electrons. The highest BCUT2D eigenvalue weighted by molar-refractivity contribution is 7.21. The molecule has 0 amide bonds. The monoisotopic (exact) mass is 592 g/mol. The summed E-state index contributed by atoms with van der Waals surface area (Å²) in [6.45, 7) is 0. The third kappa shape index (κ3) is 3.71. The molecule has 0 saturated carbocycles. The molecule has 0 radical (unpaired) electrons. The average Bonchev–Trinajstić information content (AvgIpc) is 3.46. The first kappa shape index (κ1) is 25.7. The number of para-hydroxylation sites is 3. The third-order valence-corrected chi connectivity index (χ3v) is 14.0. The van der Waals surface area contributed by atoms with E-state index < -0.39 is 8.07 Å². The molecule has 45 heavy (non-hydrogen) atoms. The van der Waals surface area contributed by atoms with E-state index in [4.69, 9.17) is 9.97 Å². The van der Waals surface area contributed by atoms with Crippen LogP contribution in [0.15, 0.2) is 170 Å². The highest BCUT2D eigenvalue weighted by atomic mass is 28.3. The van der Waals surface area contributed by atoms with Gasteiger partial charge in [0.15, 0.2) is 8.07 Å². The molecule has 0 atom stereocenters. The minimum atomic E-state index is -2.65. The Hall–Kier alpha value is -5.78. The minimum Gasteiger partial charge on any atom is -0.306 e. The molecular weight excluding hydrogens is 565 g/mol. The van der Waals surface area contributed by atoms with E-state index in [1.165, 1.54) is 32.1 Å². The van der Waals surface area contributed by atoms with Crippen molar-refractivity contribution in [2.75, 3.05) is 4.90 Å². The number of hydrogen-bond donors (Lipinski definition) is 0. The standard InChI is InChI=1S/C40H28N4Si/c1-3-14-30(15-4-1)45(31-16-5-2-6-17-31)37-23-11-9-20-34(37)44(35-21-10-12-24-38(35)45)39-26-25-29(28-42-39)43-33-19-8-7-18-32(33)40-36(43)22-13-27-41-40/h1-28H. The lowest BCUT2D eigenvalue weighted by molar-refractivity contribution is 1.11. The number of benzene rings is 5. The molecule has 0 saturated heterocycles. The van der Waals surface area contributed by atoms with E-state index in [1.54, 1.807) is 0 Å². The second-order valence-corrected chi connectivity index (χ2v) is 15.2. The Labute approximate surface area is 262 Å². The molecule has 9 rings (SSSR count). The van der Waals surface area contributed by atoms with Gasteiger partial charge in [0.1, 0.15) is 5.82 Å². The van der Waals surface area contributed by atoms with Crippen molar-refractivity contribution < 1.29 is 0 Å². The van der Waals surface area contributed by atoms with Gasteiger partial charge in [0.25, 0.3) is 0 Å². The first-order valence-electron chi connectivity index (χ1n) is 15.3. The van der Waals surface area contributed by atoms with Crippen LogP contribution in [0.5, 0.6) is 0 Å². The van der Waals surface area contributed by atoms with Gasteiger partial charge >= 0.3 is 0 Å². The predicted molar refractivity (Wildman–Crippen MR) is 188 cm³/mol. The SMILES string of the molecule is c1ccc([Si]2(c3ccccc3)c3ccccc3N(c3ccc(-n4c5ccccc5c5ncccc54)cn3)c3ccccc32)cc1. The maximum Gasteiger partial charge on any atom is 0.184 e. The fraction of sp³-hybridized carbons (Fsp3) is 0. The van der Waals surface area contributed by atoms with Crippen molar-refractivity contribution >= 4 is 67.9 Å². The number of hydrogen-bond acceptors (Lipinski definition) is 3. The zero-order chi connectivity index (χ0) is 29.8. The fourth-order valence-electron chi connectivity index (χ4n) is 7.36. The predicted octanol–water partition coefficient (Wildman–Crippen LogP) is 6.73. The van der Waals surface area contributed by atoms with Gasteiger partial charge < -0.3 is 4.57 Å². The molecule has 0 spiro atoms. The molecule has 4 heterocycles. The van der Waals surface area contributed by atoms with E-state index >= 15 is 0 Å². The number of rotatable bonds is 4. The van der Waals surface area contributed by atoms with Crippen LogP contribution in [0.2, 0.25) is 0 Å². The molecule has 0 N–H and O–H groups in total. The van der Waals surface area contributed by atoms with Crippen LogP contribution < -0.4 is 25.6 Å². The van der Waals surface area contributed by atoms with Crippen LogP contribution in [0.1, 0.15) is 0 Å². The minimum absolute atomic E-state index is 0.890. The molecule has 0 fully saturated rings. The summed E-state index contributed by atoms with van der Waals surface area (Å²) in [5.74, 6) is 0.890. The molecule has 3 aromatic heterocycles. The van der Waals surface area contributed by atoms with Crippen molar-refractivity contribution in [3.8, 4) is 5.69 Å². The van der Waals surface area contributed by atoms with Gasteiger partial charge in [-0.1, -0.05) is 115 Å². The van der Waals surface area contributed by atoms with Crippen LogP contribution in [0.3, 0.4) is 0 Å². The van der Waals surface area contributed by atoms with E-state index in [9.17, 15) is 0 Å². The Kier molecular flexibility index (Phi) is 5.79. The lowest BCUT2D eigenvalue weighted by Crippen LogP contribution is -2.77. The molecule has 0 aliphatic carbocycles. The average molecular weight is 593 g/mol. The molecule has 0 bridgehead atoms. The van der Waals surface area contributed by atoms with Crippen LogP contribution in [0, 0.1) is 0 Å². The van der Waals surface area contributed by atoms with Gasteiger partial charge in [-0.3, -0.25) is 9.88 Å². The number of nitrogens with zero attached hydrogens (tertiary/aromatic N) is 4. The summed E-state index contributed by atoms with van der Waals surface area (Å²) in [7, 11) is -2.65. The van der Waals surface area contributed by atoms with Gasteiger partial charge in [0.2, 0.25) is 0 Å². The topological polar surface area (TPSA) is 34.0 Å². The van der Waals surface area contributed by atoms with Crippen LogP contribution in [0.25, 0.3) is 27.6 Å². The Morgan fingerprint density at radius 3 is 1.69 bits per heavy atom. The Morgan fingerprint density at radius 2 is 1.04 bits per heavy atom. The normalized spacial score (nSPS) is 13.5. The zero-order valence-electron chi connectivity index (χ0n) is 24.5. The van der Waals surface area contributed by atoms with Crippen LogP contribution in [-0.2, 0) is 0 Å². The van der Waals surface area contributed by atoms with E-state index in [0.717, 1.165) is 33.4 Å². The quantitative estimate of drug-likeness (QED) is 0.213. The highest BCUT2D eigenvalue weighted by Gasteiger charge is 2.48. The van der Waals surface area contributed by atoms with Crippen LogP contribution >= 0.6 is 0 Å². The third-order valence-electron chi connectivity index (χ3n) is 9.16. The van der Waals surface area contributed by atoms with E-state index in [-0.39, 0.29) is 0 Å². The molecular formula is C40H28N4Si. The second-order valence-electron chi connectivity index (χ2n) is 11.5. The summed E-state index contributed by atoms with van der Waals surface area (Å²) >= 11 is 0. The summed E-state index contributed by atoms with van der Waals surface area (Å²) in [6.07, 6.45) is 3.85. The fourth-order valence-corrected chi connectivity index (χ4v) is 12.5. The van der Waals surface area contributed by atoms with E-state index in [0.29, 0.717) is 0 Å². The summed E-state index contributed by atoms with van der Waals surface area (Å²) in [5.41, 5.74) is 6.56. The maximum atomic E-state index is 5.16. The number of fused-ring (bicyclic) bond motifs is 5. The summed E-state index contributed by atoms with van der Waals surface area (Å²) < 4.78 is 2.26. The van der Waals surface area contributed by atoms with Crippen molar-refractivity contribution in [3.63, 3.8) is 0 Å². The molecule has 1 aliphatic heterocycles. The van der Waals surface area contributed by atoms with Crippen LogP contribution in [-0.4, -0.2) is 22.6 Å². The van der Waals surface area contributed by atoms with Gasteiger partial charge in [0, 0.05) is 23.0 Å². The van der Waals surface area contributed by atoms with Gasteiger partial charge in [-0.15, -0.1) is 0 Å². The molecule has 8 aromatic rings. The van der Waals surface area contributed by atoms with Crippen molar-refractivity contribution in [1.29, 1.82) is 0 Å². The van der Waals surface area contributed by atoms with Gasteiger partial charge in [-0.05, 0) is 63.2 Å². The van der Waals surface area contributed by atoms with Gasteiger partial charge in [0.05, 0.1) is 28.4 Å². The number of pyridine rings is 2. The van der Waals surface area contributed by atoms with E-state index in [2.05, 4.69) is 161 Å². The number of aromatic nitrogens is 3. The zero-order valence-corrected chi connectivity index (χ0v) is 25.5. The largest absolute Gasteiger partial charge is 0.306 e. The van der Waals surface area contributed by atoms with Gasteiger partial charge in [-0.2, -0.15) is 0 Å². The molecule has 4 nitrogen and oxygen atoms in total. The van der Waals surface area contributed by atoms with E-state index in [1.807, 2.05) is 18.5 Å².